The van der Waals surface area contributed by atoms with Gasteiger partial charge in [0.15, 0.2) is 5.60 Å². The SMILES string of the molecule is Cc1ccc(C(OC(=O)C(C)CCCCNC(=O)OC(C)(C)C)(c2ccccc2)c2ccccc2Cl)cc1. The van der Waals surface area contributed by atoms with Crippen LogP contribution in [0.15, 0.2) is 78.9 Å². The van der Waals surface area contributed by atoms with Crippen molar-refractivity contribution in [1.82, 2.24) is 5.32 Å². The first kappa shape index (κ1) is 29.2. The monoisotopic (exact) mass is 535 g/mol. The molecule has 0 aliphatic heterocycles. The van der Waals surface area contributed by atoms with Gasteiger partial charge in [-0.1, -0.05) is 103 Å². The number of esters is 1. The first-order chi connectivity index (χ1) is 18.0. The fourth-order valence-corrected chi connectivity index (χ4v) is 4.58. The second-order valence-corrected chi connectivity index (χ2v) is 11.0. The van der Waals surface area contributed by atoms with Crippen molar-refractivity contribution in [2.45, 2.75) is 65.1 Å². The van der Waals surface area contributed by atoms with Gasteiger partial charge in [-0.15, -0.1) is 0 Å². The third-order valence-corrected chi connectivity index (χ3v) is 6.61. The Labute approximate surface area is 231 Å². The zero-order valence-electron chi connectivity index (χ0n) is 22.9. The lowest BCUT2D eigenvalue weighted by Crippen LogP contribution is -2.37. The number of hydrogen-bond acceptors (Lipinski definition) is 4. The molecule has 0 saturated heterocycles. The van der Waals surface area contributed by atoms with Crippen LogP contribution in [-0.2, 0) is 19.9 Å². The highest BCUT2D eigenvalue weighted by atomic mass is 35.5. The molecule has 0 radical (unpaired) electrons. The summed E-state index contributed by atoms with van der Waals surface area (Å²) in [7, 11) is 0. The van der Waals surface area contributed by atoms with E-state index in [9.17, 15) is 9.59 Å². The Morgan fingerprint density at radius 2 is 1.45 bits per heavy atom. The Kier molecular flexibility index (Phi) is 9.98. The van der Waals surface area contributed by atoms with Crippen LogP contribution in [0, 0.1) is 12.8 Å². The number of alkyl carbamates (subject to hydrolysis) is 1. The van der Waals surface area contributed by atoms with Gasteiger partial charge in [-0.3, -0.25) is 4.79 Å². The van der Waals surface area contributed by atoms with Crippen LogP contribution in [0.1, 0.15) is 69.2 Å². The summed E-state index contributed by atoms with van der Waals surface area (Å²) in [5, 5.41) is 3.28. The van der Waals surface area contributed by atoms with Crippen molar-refractivity contribution in [3.8, 4) is 0 Å². The number of nitrogens with one attached hydrogen (secondary N) is 1. The number of benzene rings is 3. The molecule has 2 unspecified atom stereocenters. The summed E-state index contributed by atoms with van der Waals surface area (Å²) in [5.74, 6) is -0.665. The van der Waals surface area contributed by atoms with Crippen LogP contribution in [0.2, 0.25) is 5.02 Å². The number of halogens is 1. The van der Waals surface area contributed by atoms with Crippen molar-refractivity contribution < 1.29 is 19.1 Å². The molecule has 0 aromatic heterocycles. The van der Waals surface area contributed by atoms with Crippen LogP contribution in [0.3, 0.4) is 0 Å². The maximum Gasteiger partial charge on any atom is 0.407 e. The molecule has 0 heterocycles. The van der Waals surface area contributed by atoms with Gasteiger partial charge in [0.2, 0.25) is 0 Å². The molecule has 3 rings (SSSR count). The third kappa shape index (κ3) is 7.61. The topological polar surface area (TPSA) is 64.6 Å². The average Bonchev–Trinajstić information content (AvgIpc) is 2.87. The molecule has 38 heavy (non-hydrogen) atoms. The zero-order valence-corrected chi connectivity index (χ0v) is 23.7. The first-order valence-corrected chi connectivity index (χ1v) is 13.5. The van der Waals surface area contributed by atoms with Crippen molar-refractivity contribution in [2.75, 3.05) is 6.54 Å². The first-order valence-electron chi connectivity index (χ1n) is 13.1. The minimum absolute atomic E-state index is 0.311. The molecule has 0 fully saturated rings. The van der Waals surface area contributed by atoms with E-state index in [4.69, 9.17) is 21.1 Å². The fourth-order valence-electron chi connectivity index (χ4n) is 4.31. The van der Waals surface area contributed by atoms with Crippen LogP contribution in [-0.4, -0.2) is 24.2 Å². The minimum Gasteiger partial charge on any atom is -0.444 e. The highest BCUT2D eigenvalue weighted by molar-refractivity contribution is 6.31. The van der Waals surface area contributed by atoms with Crippen LogP contribution >= 0.6 is 11.6 Å². The Morgan fingerprint density at radius 1 is 0.842 bits per heavy atom. The predicted octanol–water partition coefficient (Wildman–Crippen LogP) is 7.81. The molecule has 6 heteroatoms. The Hall–Kier alpha value is -3.31. The zero-order chi connectivity index (χ0) is 27.8. The standard InChI is InChI=1S/C32H38ClNO4/c1-23-18-20-26(21-19-23)32(25-14-7-6-8-15-25,27-16-9-10-17-28(27)33)37-29(35)24(2)13-11-12-22-34-30(36)38-31(3,4)5/h6-10,14-21,24H,11-13,22H2,1-5H3,(H,34,36). The lowest BCUT2D eigenvalue weighted by atomic mass is 9.79. The second kappa shape index (κ2) is 13.0. The van der Waals surface area contributed by atoms with Crippen LogP contribution in [0.5, 0.6) is 0 Å². The van der Waals surface area contributed by atoms with Gasteiger partial charge in [-0.25, -0.2) is 4.79 Å². The van der Waals surface area contributed by atoms with Gasteiger partial charge in [-0.2, -0.15) is 0 Å². The van der Waals surface area contributed by atoms with Gasteiger partial charge in [-0.05, 0) is 46.6 Å². The molecule has 0 saturated carbocycles. The van der Waals surface area contributed by atoms with E-state index in [1.165, 1.54) is 0 Å². The molecule has 3 aromatic carbocycles. The summed E-state index contributed by atoms with van der Waals surface area (Å²) in [6, 6.07) is 25.2. The molecule has 0 spiro atoms. The normalized spacial score (nSPS) is 13.7. The van der Waals surface area contributed by atoms with Gasteiger partial charge >= 0.3 is 12.1 Å². The third-order valence-electron chi connectivity index (χ3n) is 6.28. The highest BCUT2D eigenvalue weighted by Crippen LogP contribution is 2.44. The van der Waals surface area contributed by atoms with Gasteiger partial charge in [0.25, 0.3) is 0 Å². The quantitative estimate of drug-likeness (QED) is 0.163. The number of amides is 1. The van der Waals surface area contributed by atoms with Crippen molar-refractivity contribution >= 4 is 23.7 Å². The van der Waals surface area contributed by atoms with E-state index in [0.29, 0.717) is 23.6 Å². The van der Waals surface area contributed by atoms with Crippen molar-refractivity contribution in [3.63, 3.8) is 0 Å². The van der Waals surface area contributed by atoms with Crippen molar-refractivity contribution in [2.24, 2.45) is 5.92 Å². The van der Waals surface area contributed by atoms with Crippen LogP contribution < -0.4 is 5.32 Å². The molecule has 3 aromatic rings. The van der Waals surface area contributed by atoms with Gasteiger partial charge in [0.05, 0.1) is 5.92 Å². The van der Waals surface area contributed by atoms with E-state index in [1.54, 1.807) is 0 Å². The molecular formula is C32H38ClNO4. The molecule has 5 nitrogen and oxygen atoms in total. The van der Waals surface area contributed by atoms with E-state index in [0.717, 1.165) is 29.5 Å². The lowest BCUT2D eigenvalue weighted by Gasteiger charge is -2.36. The fraction of sp³-hybridized carbons (Fsp3) is 0.375. The maximum absolute atomic E-state index is 13.6. The molecule has 0 aliphatic carbocycles. The van der Waals surface area contributed by atoms with Crippen LogP contribution in [0.25, 0.3) is 0 Å². The Bertz CT molecular complexity index is 1200. The van der Waals surface area contributed by atoms with E-state index in [1.807, 2.05) is 113 Å². The lowest BCUT2D eigenvalue weighted by molar-refractivity contribution is -0.158. The number of carbonyl (C=O) groups excluding carboxylic acids is 2. The molecule has 202 valence electrons. The summed E-state index contributed by atoms with van der Waals surface area (Å²) >= 11 is 6.75. The summed E-state index contributed by atoms with van der Waals surface area (Å²) in [6.45, 7) is 9.86. The maximum atomic E-state index is 13.6. The number of rotatable bonds is 10. The van der Waals surface area contributed by atoms with E-state index in [-0.39, 0.29) is 11.9 Å². The summed E-state index contributed by atoms with van der Waals surface area (Å²) in [4.78, 5) is 25.5. The average molecular weight is 536 g/mol. The molecule has 0 aliphatic rings. The van der Waals surface area contributed by atoms with E-state index in [2.05, 4.69) is 5.32 Å². The Morgan fingerprint density at radius 3 is 2.08 bits per heavy atom. The number of ether oxygens (including phenoxy) is 2. The Balaban J connectivity index is 1.82. The van der Waals surface area contributed by atoms with Crippen molar-refractivity contribution in [3.05, 3.63) is 106 Å². The summed E-state index contributed by atoms with van der Waals surface area (Å²) < 4.78 is 11.8. The molecule has 0 bridgehead atoms. The minimum atomic E-state index is -1.21. The largest absolute Gasteiger partial charge is 0.444 e. The smallest absolute Gasteiger partial charge is 0.407 e. The van der Waals surface area contributed by atoms with Crippen molar-refractivity contribution in [1.29, 1.82) is 0 Å². The molecule has 2 atom stereocenters. The predicted molar refractivity (Wildman–Crippen MR) is 152 cm³/mol. The molecular weight excluding hydrogens is 498 g/mol. The van der Waals surface area contributed by atoms with Crippen LogP contribution in [0.4, 0.5) is 4.79 Å². The summed E-state index contributed by atoms with van der Waals surface area (Å²) in [5.41, 5.74) is 1.71. The number of carbonyl (C=O) groups is 2. The highest BCUT2D eigenvalue weighted by Gasteiger charge is 2.42. The van der Waals surface area contributed by atoms with Gasteiger partial charge < -0.3 is 14.8 Å². The number of unbranched alkanes of at least 4 members (excludes halogenated alkanes) is 1. The molecule has 1 amide bonds. The molecule has 1 N–H and O–H groups in total. The van der Waals surface area contributed by atoms with Gasteiger partial charge in [0, 0.05) is 28.3 Å². The van der Waals surface area contributed by atoms with E-state index < -0.39 is 17.3 Å². The number of hydrogen-bond donors (Lipinski definition) is 1. The number of aryl methyl sites for hydroxylation is 1. The van der Waals surface area contributed by atoms with Gasteiger partial charge in [0.1, 0.15) is 5.60 Å². The second-order valence-electron chi connectivity index (χ2n) is 10.6. The summed E-state index contributed by atoms with van der Waals surface area (Å²) in [6.07, 6.45) is 1.66. The van der Waals surface area contributed by atoms with E-state index >= 15 is 0 Å².